The van der Waals surface area contributed by atoms with Crippen LogP contribution in [0.1, 0.15) is 0 Å². The molecule has 0 aliphatic carbocycles. The summed E-state index contributed by atoms with van der Waals surface area (Å²) in [4.78, 5) is 0. The Morgan fingerprint density at radius 2 is 0.625 bits per heavy atom. The van der Waals surface area contributed by atoms with Gasteiger partial charge in [0.2, 0.25) is 0 Å². The van der Waals surface area contributed by atoms with Gasteiger partial charge >= 0.3 is 86.4 Å². The standard InChI is InChI=1S/AsF6.K/c2-1(3,4,5,6)7;/q-1;+1. The average Bonchev–Trinajstić information content (AvgIpc) is 0.592. The number of halogens is 6. The van der Waals surface area contributed by atoms with E-state index in [1.54, 1.807) is 0 Å². The molecule has 0 aromatic rings. The van der Waals surface area contributed by atoms with E-state index in [1.807, 2.05) is 0 Å². The minimum absolute atomic E-state index is 0. The second-order valence-corrected chi connectivity index (χ2v) is 4.98. The summed E-state index contributed by atoms with van der Waals surface area (Å²) in [7, 11) is 0. The van der Waals surface area contributed by atoms with Crippen LogP contribution in [0.2, 0.25) is 0 Å². The van der Waals surface area contributed by atoms with Gasteiger partial charge in [0, 0.05) is 0 Å². The Kier molecular flexibility index (Phi) is 2.93. The largest absolute Gasteiger partial charge is 1.00 e. The van der Waals surface area contributed by atoms with E-state index in [1.165, 1.54) is 0 Å². The van der Waals surface area contributed by atoms with Crippen LogP contribution in [-0.4, -0.2) is 14.2 Å². The molecule has 0 amide bonds. The Labute approximate surface area is 84.9 Å². The Hall–Kier alpha value is 1.77. The molecular weight excluding hydrogens is 228 g/mol. The molecule has 0 aromatic carbocycles. The van der Waals surface area contributed by atoms with E-state index in [0.717, 1.165) is 0 Å². The van der Waals surface area contributed by atoms with Crippen molar-refractivity contribution in [2.45, 2.75) is 0 Å². The molecule has 0 aliphatic heterocycles. The molecule has 0 aromatic heterocycles. The average molecular weight is 228 g/mol. The predicted molar refractivity (Wildman–Crippen MR) is 12.4 cm³/mol. The van der Waals surface area contributed by atoms with Crippen molar-refractivity contribution < 1.29 is 72.2 Å². The van der Waals surface area contributed by atoms with Crippen molar-refractivity contribution in [2.24, 2.45) is 0 Å². The molecule has 0 radical (unpaired) electrons. The van der Waals surface area contributed by atoms with Crippen LogP contribution in [0, 0.1) is 0 Å². The summed E-state index contributed by atoms with van der Waals surface area (Å²) in [6.07, 6.45) is 0. The fraction of sp³-hybridized carbons (Fsp3) is 0. The first kappa shape index (κ1) is 12.5. The third-order valence-corrected chi connectivity index (χ3v) is 0. The van der Waals surface area contributed by atoms with E-state index >= 15 is 0 Å². The first-order valence-electron chi connectivity index (χ1n) is 1.01. The summed E-state index contributed by atoms with van der Waals surface area (Å²) < 4.78 is 59.4. The van der Waals surface area contributed by atoms with E-state index in [2.05, 4.69) is 0 Å². The van der Waals surface area contributed by atoms with Gasteiger partial charge in [0.05, 0.1) is 0 Å². The summed E-state index contributed by atoms with van der Waals surface area (Å²) in [6, 6.07) is 0. The van der Waals surface area contributed by atoms with E-state index in [-0.39, 0.29) is 51.4 Å². The van der Waals surface area contributed by atoms with Crippen molar-refractivity contribution in [1.82, 2.24) is 0 Å². The third kappa shape index (κ3) is 113. The molecule has 0 rings (SSSR count). The minimum atomic E-state index is -11.1. The molecule has 0 atom stereocenters. The maximum atomic E-state index is 9.91. The molecule has 0 saturated heterocycles. The number of hydrogen-bond donors (Lipinski definition) is 0. The van der Waals surface area contributed by atoms with Crippen LogP contribution in [0.5, 0.6) is 0 Å². The van der Waals surface area contributed by atoms with Gasteiger partial charge in [0.15, 0.2) is 0 Å². The zero-order valence-corrected chi connectivity index (χ0v) is 8.71. The van der Waals surface area contributed by atoms with Crippen molar-refractivity contribution >= 4 is 14.2 Å². The van der Waals surface area contributed by atoms with E-state index < -0.39 is 14.2 Å². The Morgan fingerprint density at radius 3 is 0.625 bits per heavy atom. The SMILES string of the molecule is F[As-](F)(F)(F)(F)F.[K+]. The van der Waals surface area contributed by atoms with E-state index in [0.29, 0.717) is 0 Å². The maximum absolute atomic E-state index is 11.1. The van der Waals surface area contributed by atoms with Gasteiger partial charge in [0.1, 0.15) is 0 Å². The summed E-state index contributed by atoms with van der Waals surface area (Å²) in [5, 5.41) is 0. The molecule has 0 fully saturated rings. The quantitative estimate of drug-likeness (QED) is 0.374. The van der Waals surface area contributed by atoms with E-state index in [9.17, 15) is 20.8 Å². The van der Waals surface area contributed by atoms with Gasteiger partial charge in [0.25, 0.3) is 0 Å². The molecule has 0 saturated carbocycles. The van der Waals surface area contributed by atoms with Crippen molar-refractivity contribution in [1.29, 1.82) is 0 Å². The van der Waals surface area contributed by atoms with Crippen LogP contribution in [0.15, 0.2) is 0 Å². The fourth-order valence-corrected chi connectivity index (χ4v) is 0. The molecule has 0 nitrogen and oxygen atoms in total. The number of hydrogen-bond acceptors (Lipinski definition) is 0. The normalized spacial score (nSPS) is 20.2. The van der Waals surface area contributed by atoms with Crippen molar-refractivity contribution in [3.63, 3.8) is 0 Å². The molecule has 0 bridgehead atoms. The second-order valence-electron chi connectivity index (χ2n) is 0.958. The van der Waals surface area contributed by atoms with Crippen LogP contribution >= 0.6 is 0 Å². The van der Waals surface area contributed by atoms with Gasteiger partial charge in [-0.1, -0.05) is 0 Å². The molecule has 0 spiro atoms. The molecule has 0 heterocycles. The molecule has 0 aliphatic rings. The first-order chi connectivity index (χ1) is 2.45. The number of rotatable bonds is 0. The maximum Gasteiger partial charge on any atom is 1.00 e. The summed E-state index contributed by atoms with van der Waals surface area (Å²) in [5.41, 5.74) is 0. The summed E-state index contributed by atoms with van der Waals surface area (Å²) >= 11 is -11.1. The van der Waals surface area contributed by atoms with Crippen LogP contribution in [0.4, 0.5) is 20.8 Å². The van der Waals surface area contributed by atoms with Gasteiger partial charge in [-0.2, -0.15) is 0 Å². The molecule has 0 N–H and O–H groups in total. The van der Waals surface area contributed by atoms with Crippen LogP contribution in [0.25, 0.3) is 0 Å². The Balaban J connectivity index is 0. The zero-order chi connectivity index (χ0) is 6.41. The van der Waals surface area contributed by atoms with Gasteiger partial charge < -0.3 is 0 Å². The molecule has 8 heavy (non-hydrogen) atoms. The van der Waals surface area contributed by atoms with Gasteiger partial charge in [-0.25, -0.2) is 0 Å². The van der Waals surface area contributed by atoms with Crippen LogP contribution in [-0.2, 0) is 0 Å². The zero-order valence-electron chi connectivity index (χ0n) is 3.72. The monoisotopic (exact) mass is 228 g/mol. The molecule has 0 unspecified atom stereocenters. The summed E-state index contributed by atoms with van der Waals surface area (Å²) in [6.45, 7) is 0. The van der Waals surface area contributed by atoms with E-state index in [4.69, 9.17) is 0 Å². The Morgan fingerprint density at radius 1 is 0.625 bits per heavy atom. The van der Waals surface area contributed by atoms with Gasteiger partial charge in [-0.05, 0) is 0 Å². The fourth-order valence-electron chi connectivity index (χ4n) is 0. The van der Waals surface area contributed by atoms with Crippen LogP contribution in [0.3, 0.4) is 0 Å². The van der Waals surface area contributed by atoms with Crippen molar-refractivity contribution in [3.05, 3.63) is 0 Å². The van der Waals surface area contributed by atoms with Crippen molar-refractivity contribution in [3.8, 4) is 0 Å². The topological polar surface area (TPSA) is 0 Å². The third-order valence-electron chi connectivity index (χ3n) is 0. The predicted octanol–water partition coefficient (Wildman–Crippen LogP) is -0.856. The molecule has 8 heteroatoms. The van der Waals surface area contributed by atoms with Crippen LogP contribution < -0.4 is 51.4 Å². The van der Waals surface area contributed by atoms with Gasteiger partial charge in [-0.3, -0.25) is 0 Å². The smallest absolute Gasteiger partial charge is 1.00 e. The molecule has 48 valence electrons. The minimum Gasteiger partial charge on any atom is 1.00 e. The molecular formula is AsF6K. The first-order valence-corrected chi connectivity index (χ1v) is 5.27. The summed E-state index contributed by atoms with van der Waals surface area (Å²) in [5.74, 6) is 0. The van der Waals surface area contributed by atoms with Gasteiger partial charge in [-0.15, -0.1) is 0 Å². The second kappa shape index (κ2) is 1.88. The Bertz CT molecular complexity index is 67.1. The van der Waals surface area contributed by atoms with Crippen molar-refractivity contribution in [2.75, 3.05) is 0 Å².